The zero-order chi connectivity index (χ0) is 52.2. The average molecular weight is 998 g/mol. The summed E-state index contributed by atoms with van der Waals surface area (Å²) in [5.74, 6) is -0.990. The van der Waals surface area contributed by atoms with Crippen LogP contribution in [-0.4, -0.2) is 37.2 Å². The van der Waals surface area contributed by atoms with E-state index in [1.165, 1.54) is 83.5 Å². The van der Waals surface area contributed by atoms with Gasteiger partial charge in [0.25, 0.3) is 0 Å². The number of hydrogen-bond acceptors (Lipinski definition) is 6. The number of unbranched alkanes of at least 4 members (excludes halogenated alkanes) is 21. The van der Waals surface area contributed by atoms with Gasteiger partial charge in [-0.2, -0.15) is 0 Å². The Kier molecular flexibility index (Phi) is 55.9. The van der Waals surface area contributed by atoms with Crippen LogP contribution in [0.1, 0.15) is 258 Å². The van der Waals surface area contributed by atoms with Crippen LogP contribution >= 0.6 is 0 Å². The van der Waals surface area contributed by atoms with Crippen molar-refractivity contribution < 1.29 is 28.6 Å². The lowest BCUT2D eigenvalue weighted by atomic mass is 10.1. The molecule has 1 unspecified atom stereocenters. The average Bonchev–Trinajstić information content (AvgIpc) is 3.38. The first-order chi connectivity index (χ1) is 35.5. The van der Waals surface area contributed by atoms with Gasteiger partial charge in [-0.15, -0.1) is 0 Å². The molecule has 0 saturated heterocycles. The van der Waals surface area contributed by atoms with Gasteiger partial charge in [0.15, 0.2) is 6.10 Å². The lowest BCUT2D eigenvalue weighted by Gasteiger charge is -2.18. The maximum Gasteiger partial charge on any atom is 0.306 e. The SMILES string of the molecule is CC/C=C\C/C=C\C/C=C\C/C=C\C/C=C\CCCC(=O)OCC(COC(=O)CCCCCCCC/C=C\C/C=C\C/C=C\C/C=C\CC)OC(=O)CCCCCCC/C=C\CCCCCCCCCCC. The highest BCUT2D eigenvalue weighted by Gasteiger charge is 2.19. The van der Waals surface area contributed by atoms with Gasteiger partial charge in [0.1, 0.15) is 13.2 Å². The van der Waals surface area contributed by atoms with E-state index in [1.54, 1.807) is 0 Å². The van der Waals surface area contributed by atoms with Gasteiger partial charge < -0.3 is 14.2 Å². The monoisotopic (exact) mass is 997 g/mol. The summed E-state index contributed by atoms with van der Waals surface area (Å²) in [7, 11) is 0. The van der Waals surface area contributed by atoms with Crippen LogP contribution in [-0.2, 0) is 28.6 Å². The standard InChI is InChI=1S/C66H108O6/c1-4-7-10-13-16-19-22-25-28-31-33-36-38-41-44-47-50-53-56-59-65(68)71-62-63(61-70-64(67)58-55-52-49-46-43-40-37-34-30-27-24-21-18-15-12-9-6-3)72-66(69)60-57-54-51-48-45-42-39-35-32-29-26-23-20-17-14-11-8-5-2/h7,9-10,12,16,18-19,21,25,27-28,30,33,35-37,39-40,46,49,63H,4-6,8,11,13-15,17,20,22-24,26,29,31-32,34,38,41-45,47-48,50-62H2,1-3H3/b10-7-,12-9-,19-16-,21-18-,28-25-,30-27-,36-33-,39-35-,40-37-,49-46-. The Balaban J connectivity index is 4.52. The molecule has 0 aliphatic carbocycles. The minimum Gasteiger partial charge on any atom is -0.462 e. The third-order valence-corrected chi connectivity index (χ3v) is 12.2. The summed E-state index contributed by atoms with van der Waals surface area (Å²) < 4.78 is 16.8. The van der Waals surface area contributed by atoms with Crippen molar-refractivity contribution in [1.82, 2.24) is 0 Å². The van der Waals surface area contributed by atoms with Gasteiger partial charge in [0.2, 0.25) is 0 Å². The van der Waals surface area contributed by atoms with E-state index in [-0.39, 0.29) is 37.5 Å². The van der Waals surface area contributed by atoms with Crippen molar-refractivity contribution in [2.24, 2.45) is 0 Å². The number of hydrogen-bond donors (Lipinski definition) is 0. The maximum atomic E-state index is 12.9. The highest BCUT2D eigenvalue weighted by atomic mass is 16.6. The zero-order valence-electron chi connectivity index (χ0n) is 46.7. The Hall–Kier alpha value is -4.19. The van der Waals surface area contributed by atoms with E-state index >= 15 is 0 Å². The first-order valence-electron chi connectivity index (χ1n) is 29.5. The summed E-state index contributed by atoms with van der Waals surface area (Å²) in [6, 6.07) is 0. The molecule has 0 aromatic carbocycles. The first-order valence-corrected chi connectivity index (χ1v) is 29.5. The molecule has 0 rings (SSSR count). The third kappa shape index (κ3) is 56.7. The summed E-state index contributed by atoms with van der Waals surface area (Å²) in [4.78, 5) is 38.2. The van der Waals surface area contributed by atoms with Gasteiger partial charge in [0, 0.05) is 19.3 Å². The summed E-state index contributed by atoms with van der Waals surface area (Å²) in [6.45, 7) is 6.35. The highest BCUT2D eigenvalue weighted by molar-refractivity contribution is 5.71. The van der Waals surface area contributed by atoms with Crippen molar-refractivity contribution in [3.05, 3.63) is 122 Å². The van der Waals surface area contributed by atoms with E-state index < -0.39 is 6.10 Å². The molecule has 0 aliphatic heterocycles. The van der Waals surface area contributed by atoms with Gasteiger partial charge in [-0.25, -0.2) is 0 Å². The molecule has 0 aromatic heterocycles. The van der Waals surface area contributed by atoms with E-state index in [0.717, 1.165) is 128 Å². The normalized spacial score (nSPS) is 13.0. The van der Waals surface area contributed by atoms with E-state index in [4.69, 9.17) is 14.2 Å². The Morgan fingerprint density at radius 3 is 0.917 bits per heavy atom. The fourth-order valence-electron chi connectivity index (χ4n) is 7.82. The first kappa shape index (κ1) is 67.8. The van der Waals surface area contributed by atoms with E-state index in [2.05, 4.69) is 142 Å². The molecule has 0 bridgehead atoms. The van der Waals surface area contributed by atoms with E-state index in [0.29, 0.717) is 19.3 Å². The minimum atomic E-state index is -0.816. The Bertz CT molecular complexity index is 1520. The van der Waals surface area contributed by atoms with E-state index in [9.17, 15) is 14.4 Å². The molecule has 0 aliphatic rings. The second kappa shape index (κ2) is 59.4. The Morgan fingerprint density at radius 2 is 0.556 bits per heavy atom. The van der Waals surface area contributed by atoms with Gasteiger partial charge in [-0.3, -0.25) is 14.4 Å². The van der Waals surface area contributed by atoms with Gasteiger partial charge in [-0.1, -0.05) is 239 Å². The second-order valence-electron chi connectivity index (χ2n) is 19.1. The number of esters is 3. The molecule has 6 nitrogen and oxygen atoms in total. The van der Waals surface area contributed by atoms with Crippen molar-refractivity contribution in [2.75, 3.05) is 13.2 Å². The fraction of sp³-hybridized carbons (Fsp3) is 0.652. The fourth-order valence-corrected chi connectivity index (χ4v) is 7.82. The largest absolute Gasteiger partial charge is 0.462 e. The topological polar surface area (TPSA) is 78.9 Å². The van der Waals surface area contributed by atoms with Crippen LogP contribution in [0.4, 0.5) is 0 Å². The van der Waals surface area contributed by atoms with Crippen molar-refractivity contribution >= 4 is 17.9 Å². The number of carbonyl (C=O) groups is 3. The molecule has 0 N–H and O–H groups in total. The Labute approximate surface area is 443 Å². The lowest BCUT2D eigenvalue weighted by molar-refractivity contribution is -0.167. The molecule has 0 aromatic rings. The second-order valence-corrected chi connectivity index (χ2v) is 19.1. The molecule has 0 amide bonds. The predicted octanol–water partition coefficient (Wildman–Crippen LogP) is 20.0. The van der Waals surface area contributed by atoms with Gasteiger partial charge in [0.05, 0.1) is 0 Å². The smallest absolute Gasteiger partial charge is 0.306 e. The number of carbonyl (C=O) groups excluding carboxylic acids is 3. The van der Waals surface area contributed by atoms with E-state index in [1.807, 2.05) is 0 Å². The molecule has 0 spiro atoms. The van der Waals surface area contributed by atoms with Crippen LogP contribution in [0.25, 0.3) is 0 Å². The highest BCUT2D eigenvalue weighted by Crippen LogP contribution is 2.14. The summed E-state index contributed by atoms with van der Waals surface area (Å²) >= 11 is 0. The predicted molar refractivity (Wildman–Crippen MR) is 311 cm³/mol. The molecule has 0 heterocycles. The Morgan fingerprint density at radius 1 is 0.292 bits per heavy atom. The molecule has 6 heteroatoms. The van der Waals surface area contributed by atoms with Crippen LogP contribution < -0.4 is 0 Å². The molecule has 0 saturated carbocycles. The van der Waals surface area contributed by atoms with Gasteiger partial charge >= 0.3 is 17.9 Å². The van der Waals surface area contributed by atoms with Crippen molar-refractivity contribution in [2.45, 2.75) is 264 Å². The molecule has 0 radical (unpaired) electrons. The van der Waals surface area contributed by atoms with Crippen LogP contribution in [0.3, 0.4) is 0 Å². The molecule has 1 atom stereocenters. The maximum absolute atomic E-state index is 12.9. The quantitative estimate of drug-likeness (QED) is 0.0261. The third-order valence-electron chi connectivity index (χ3n) is 12.2. The van der Waals surface area contributed by atoms with Crippen molar-refractivity contribution in [3.63, 3.8) is 0 Å². The van der Waals surface area contributed by atoms with Gasteiger partial charge in [-0.05, 0) is 122 Å². The molecule has 0 fully saturated rings. The molecular formula is C66H108O6. The van der Waals surface area contributed by atoms with Crippen LogP contribution in [0.5, 0.6) is 0 Å². The number of rotatable bonds is 52. The number of allylic oxidation sites excluding steroid dienone is 20. The zero-order valence-corrected chi connectivity index (χ0v) is 46.7. The van der Waals surface area contributed by atoms with Crippen molar-refractivity contribution in [1.29, 1.82) is 0 Å². The van der Waals surface area contributed by atoms with Crippen LogP contribution in [0.15, 0.2) is 122 Å². The lowest BCUT2D eigenvalue weighted by Crippen LogP contribution is -2.30. The number of ether oxygens (including phenoxy) is 3. The summed E-state index contributed by atoms with van der Waals surface area (Å²) in [5, 5.41) is 0. The molecular weight excluding hydrogens is 889 g/mol. The molecule has 408 valence electrons. The molecule has 72 heavy (non-hydrogen) atoms. The van der Waals surface area contributed by atoms with Crippen molar-refractivity contribution in [3.8, 4) is 0 Å². The van der Waals surface area contributed by atoms with Crippen LogP contribution in [0, 0.1) is 0 Å². The summed E-state index contributed by atoms with van der Waals surface area (Å²) in [6.07, 6.45) is 81.9. The minimum absolute atomic E-state index is 0.109. The summed E-state index contributed by atoms with van der Waals surface area (Å²) in [5.41, 5.74) is 0. The van der Waals surface area contributed by atoms with Crippen LogP contribution in [0.2, 0.25) is 0 Å².